The molecular formula is C15H21FN2O3. The molecule has 1 rings (SSSR count). The number of benzene rings is 1. The fourth-order valence-electron chi connectivity index (χ4n) is 1.93. The van der Waals surface area contributed by atoms with Crippen LogP contribution in [-0.4, -0.2) is 23.5 Å². The Bertz CT molecular complexity index is 530. The lowest BCUT2D eigenvalue weighted by Crippen LogP contribution is -2.21. The van der Waals surface area contributed by atoms with Crippen molar-refractivity contribution in [3.63, 3.8) is 0 Å². The van der Waals surface area contributed by atoms with Gasteiger partial charge in [0.2, 0.25) is 5.91 Å². The molecule has 1 aromatic rings. The molecule has 1 aromatic carbocycles. The van der Waals surface area contributed by atoms with Gasteiger partial charge in [-0.15, -0.1) is 0 Å². The van der Waals surface area contributed by atoms with Crippen molar-refractivity contribution in [2.45, 2.75) is 33.1 Å². The summed E-state index contributed by atoms with van der Waals surface area (Å²) in [6.07, 6.45) is 1.64. The second-order valence-electron chi connectivity index (χ2n) is 5.75. The predicted octanol–water partition coefficient (Wildman–Crippen LogP) is 2.62. The van der Waals surface area contributed by atoms with Crippen LogP contribution in [-0.2, 0) is 4.79 Å². The van der Waals surface area contributed by atoms with Crippen LogP contribution in [0, 0.1) is 11.2 Å². The second-order valence-corrected chi connectivity index (χ2v) is 5.75. The first kappa shape index (κ1) is 17.1. The number of nitrogens with one attached hydrogen (secondary N) is 1. The van der Waals surface area contributed by atoms with Gasteiger partial charge < -0.3 is 16.2 Å². The zero-order valence-corrected chi connectivity index (χ0v) is 12.3. The van der Waals surface area contributed by atoms with Crippen molar-refractivity contribution in [3.8, 4) is 0 Å². The molecule has 0 aliphatic rings. The Hall–Kier alpha value is -1.95. The van der Waals surface area contributed by atoms with Crippen LogP contribution in [0.1, 0.15) is 43.5 Å². The zero-order chi connectivity index (χ0) is 16.0. The number of carboxylic acid groups (broad SMARTS) is 1. The third kappa shape index (κ3) is 5.51. The van der Waals surface area contributed by atoms with E-state index in [2.05, 4.69) is 5.32 Å². The highest BCUT2D eigenvalue weighted by Gasteiger charge is 2.19. The molecule has 1 amide bonds. The van der Waals surface area contributed by atoms with Gasteiger partial charge in [-0.2, -0.15) is 0 Å². The highest BCUT2D eigenvalue weighted by atomic mass is 19.1. The van der Waals surface area contributed by atoms with Gasteiger partial charge >= 0.3 is 5.97 Å². The third-order valence-corrected chi connectivity index (χ3v) is 3.34. The van der Waals surface area contributed by atoms with Crippen molar-refractivity contribution in [2.75, 3.05) is 11.9 Å². The van der Waals surface area contributed by atoms with Gasteiger partial charge in [-0.25, -0.2) is 9.18 Å². The minimum atomic E-state index is -1.17. The van der Waals surface area contributed by atoms with Crippen molar-refractivity contribution < 1.29 is 19.1 Å². The van der Waals surface area contributed by atoms with Crippen LogP contribution in [0.4, 0.5) is 10.1 Å². The van der Waals surface area contributed by atoms with E-state index in [1.807, 2.05) is 13.8 Å². The van der Waals surface area contributed by atoms with Gasteiger partial charge in [0.1, 0.15) is 5.82 Å². The van der Waals surface area contributed by atoms with Gasteiger partial charge in [0.05, 0.1) is 11.3 Å². The molecule has 21 heavy (non-hydrogen) atoms. The first-order valence-electron chi connectivity index (χ1n) is 6.78. The van der Waals surface area contributed by atoms with Crippen molar-refractivity contribution >= 4 is 17.6 Å². The first-order valence-corrected chi connectivity index (χ1v) is 6.78. The van der Waals surface area contributed by atoms with E-state index in [-0.39, 0.29) is 29.0 Å². The zero-order valence-electron chi connectivity index (χ0n) is 12.3. The van der Waals surface area contributed by atoms with E-state index < -0.39 is 11.8 Å². The summed E-state index contributed by atoms with van der Waals surface area (Å²) in [4.78, 5) is 22.7. The number of hydrogen-bond acceptors (Lipinski definition) is 3. The summed E-state index contributed by atoms with van der Waals surface area (Å²) in [5.74, 6) is -2.18. The van der Waals surface area contributed by atoms with Crippen LogP contribution in [0.2, 0.25) is 0 Å². The lowest BCUT2D eigenvalue weighted by molar-refractivity contribution is -0.116. The van der Waals surface area contributed by atoms with Gasteiger partial charge in [0, 0.05) is 6.42 Å². The molecule has 0 bridgehead atoms. The monoisotopic (exact) mass is 296 g/mol. The van der Waals surface area contributed by atoms with E-state index in [1.165, 1.54) is 0 Å². The third-order valence-electron chi connectivity index (χ3n) is 3.34. The van der Waals surface area contributed by atoms with E-state index in [1.54, 1.807) is 0 Å². The predicted molar refractivity (Wildman–Crippen MR) is 78.7 cm³/mol. The minimum Gasteiger partial charge on any atom is -0.478 e. The molecule has 0 unspecified atom stereocenters. The van der Waals surface area contributed by atoms with E-state index in [4.69, 9.17) is 10.8 Å². The number of carboxylic acids is 1. The molecule has 0 aliphatic carbocycles. The van der Waals surface area contributed by atoms with E-state index in [0.29, 0.717) is 13.0 Å². The van der Waals surface area contributed by atoms with Crippen molar-refractivity contribution in [1.82, 2.24) is 0 Å². The molecule has 0 spiro atoms. The summed E-state index contributed by atoms with van der Waals surface area (Å²) in [6.45, 7) is 4.57. The van der Waals surface area contributed by atoms with Crippen LogP contribution in [0.5, 0.6) is 0 Å². The highest BCUT2D eigenvalue weighted by Crippen LogP contribution is 2.26. The van der Waals surface area contributed by atoms with Crippen molar-refractivity contribution in [3.05, 3.63) is 29.6 Å². The van der Waals surface area contributed by atoms with E-state index in [0.717, 1.165) is 24.6 Å². The van der Waals surface area contributed by atoms with Gasteiger partial charge in [0.25, 0.3) is 0 Å². The summed E-state index contributed by atoms with van der Waals surface area (Å²) in [5.41, 5.74) is 5.25. The number of hydrogen-bond donors (Lipinski definition) is 3. The van der Waals surface area contributed by atoms with Gasteiger partial charge in [0.15, 0.2) is 0 Å². The average molecular weight is 296 g/mol. The summed E-state index contributed by atoms with van der Waals surface area (Å²) in [6, 6.07) is 3.29. The fourth-order valence-corrected chi connectivity index (χ4v) is 1.93. The maximum absolute atomic E-state index is 13.6. The molecule has 0 aliphatic heterocycles. The number of rotatable bonds is 7. The highest BCUT2D eigenvalue weighted by molar-refractivity contribution is 5.94. The Morgan fingerprint density at radius 3 is 2.57 bits per heavy atom. The number of halogens is 1. The molecule has 5 nitrogen and oxygen atoms in total. The molecular weight excluding hydrogens is 275 g/mol. The molecule has 0 saturated carbocycles. The largest absolute Gasteiger partial charge is 0.478 e. The summed E-state index contributed by atoms with van der Waals surface area (Å²) >= 11 is 0. The molecule has 0 aromatic heterocycles. The van der Waals surface area contributed by atoms with Crippen molar-refractivity contribution in [1.29, 1.82) is 0 Å². The molecule has 116 valence electrons. The molecule has 0 heterocycles. The summed E-state index contributed by atoms with van der Waals surface area (Å²) < 4.78 is 13.6. The summed E-state index contributed by atoms with van der Waals surface area (Å²) in [5, 5.41) is 11.3. The number of aromatic carboxylic acids is 1. The normalized spacial score (nSPS) is 11.2. The smallest absolute Gasteiger partial charge is 0.335 e. The number of amides is 1. The average Bonchev–Trinajstić information content (AvgIpc) is 2.39. The fraction of sp³-hybridized carbons (Fsp3) is 0.467. The maximum atomic E-state index is 13.6. The van der Waals surface area contributed by atoms with Crippen LogP contribution in [0.15, 0.2) is 18.2 Å². The topological polar surface area (TPSA) is 92.4 Å². The SMILES string of the molecule is CC(C)(CCN)CCC(=O)Nc1cc(C(=O)O)ccc1F. The molecule has 0 atom stereocenters. The lowest BCUT2D eigenvalue weighted by Gasteiger charge is -2.23. The van der Waals surface area contributed by atoms with Gasteiger partial charge in [-0.3, -0.25) is 4.79 Å². The first-order chi connectivity index (χ1) is 9.75. The molecule has 4 N–H and O–H groups in total. The minimum absolute atomic E-state index is 0.0620. The van der Waals surface area contributed by atoms with Crippen LogP contribution >= 0.6 is 0 Å². The quantitative estimate of drug-likeness (QED) is 0.721. The molecule has 0 radical (unpaired) electrons. The van der Waals surface area contributed by atoms with Crippen LogP contribution < -0.4 is 11.1 Å². The standard InChI is InChI=1S/C15H21FN2O3/c1-15(2,7-8-17)6-5-13(19)18-12-9-10(14(20)21)3-4-11(12)16/h3-4,9H,5-8,17H2,1-2H3,(H,18,19)(H,20,21). The second kappa shape index (κ2) is 7.17. The Morgan fingerprint density at radius 1 is 1.33 bits per heavy atom. The van der Waals surface area contributed by atoms with Crippen LogP contribution in [0.25, 0.3) is 0 Å². The van der Waals surface area contributed by atoms with Gasteiger partial charge in [-0.05, 0) is 43.0 Å². The van der Waals surface area contributed by atoms with E-state index >= 15 is 0 Å². The maximum Gasteiger partial charge on any atom is 0.335 e. The number of nitrogens with two attached hydrogens (primary N) is 1. The van der Waals surface area contributed by atoms with Crippen LogP contribution in [0.3, 0.4) is 0 Å². The number of carbonyl (C=O) groups excluding carboxylic acids is 1. The lowest BCUT2D eigenvalue weighted by atomic mass is 9.84. The number of carbonyl (C=O) groups is 2. The van der Waals surface area contributed by atoms with Gasteiger partial charge in [-0.1, -0.05) is 13.8 Å². The number of anilines is 1. The summed E-state index contributed by atoms with van der Waals surface area (Å²) in [7, 11) is 0. The Labute approximate surface area is 123 Å². The molecule has 6 heteroatoms. The van der Waals surface area contributed by atoms with Crippen molar-refractivity contribution in [2.24, 2.45) is 11.1 Å². The Morgan fingerprint density at radius 2 is 2.00 bits per heavy atom. The van der Waals surface area contributed by atoms with E-state index in [9.17, 15) is 14.0 Å². The Balaban J connectivity index is 2.67. The molecule has 0 saturated heterocycles. The molecule has 0 fully saturated rings. The Kier molecular flexibility index (Phi) is 5.84.